The van der Waals surface area contributed by atoms with Gasteiger partial charge in [-0.15, -0.1) is 0 Å². The molecule has 0 saturated carbocycles. The van der Waals surface area contributed by atoms with Gasteiger partial charge in [0.1, 0.15) is 0 Å². The Morgan fingerprint density at radius 3 is 2.28 bits per heavy atom. The molecule has 2 aromatic rings. The molecule has 0 bridgehead atoms. The van der Waals surface area contributed by atoms with Crippen LogP contribution in [0, 0.1) is 0 Å². The van der Waals surface area contributed by atoms with E-state index in [0.717, 1.165) is 33.9 Å². The summed E-state index contributed by atoms with van der Waals surface area (Å²) in [6.45, 7) is 5.48. The highest BCUT2D eigenvalue weighted by Gasteiger charge is 2.15. The quantitative estimate of drug-likeness (QED) is 0.836. The van der Waals surface area contributed by atoms with Crippen molar-refractivity contribution in [3.05, 3.63) is 46.4 Å². The number of carbonyl (C=O) groups is 1. The zero-order valence-corrected chi connectivity index (χ0v) is 12.2. The molecule has 0 radical (unpaired) electrons. The average Bonchev–Trinajstić information content (AvgIpc) is 2.41. The molecule has 0 heterocycles. The third-order valence-corrected chi connectivity index (χ3v) is 3.84. The minimum Gasteiger partial charge on any atom is -0.339 e. The van der Waals surface area contributed by atoms with Crippen LogP contribution >= 0.6 is 15.9 Å². The predicted molar refractivity (Wildman–Crippen MR) is 78.9 cm³/mol. The number of amides is 1. The van der Waals surface area contributed by atoms with Crippen LogP contribution in [0.5, 0.6) is 0 Å². The summed E-state index contributed by atoms with van der Waals surface area (Å²) in [5.41, 5.74) is 0.775. The Morgan fingerprint density at radius 1 is 1.06 bits per heavy atom. The van der Waals surface area contributed by atoms with E-state index in [0.29, 0.717) is 0 Å². The fourth-order valence-electron chi connectivity index (χ4n) is 2.13. The van der Waals surface area contributed by atoms with Gasteiger partial charge >= 0.3 is 0 Å². The van der Waals surface area contributed by atoms with E-state index in [-0.39, 0.29) is 5.91 Å². The number of carbonyl (C=O) groups excluding carboxylic acids is 1. The number of halogens is 1. The first-order valence-corrected chi connectivity index (χ1v) is 6.94. The van der Waals surface area contributed by atoms with Crippen molar-refractivity contribution >= 4 is 32.6 Å². The summed E-state index contributed by atoms with van der Waals surface area (Å²) in [4.78, 5) is 14.3. The molecule has 2 rings (SSSR count). The molecule has 0 fully saturated rings. The lowest BCUT2D eigenvalue weighted by Crippen LogP contribution is -2.30. The van der Waals surface area contributed by atoms with E-state index in [9.17, 15) is 4.79 Å². The van der Waals surface area contributed by atoms with Gasteiger partial charge < -0.3 is 4.90 Å². The number of hydrogen-bond acceptors (Lipinski definition) is 1. The van der Waals surface area contributed by atoms with Gasteiger partial charge in [0.25, 0.3) is 5.91 Å². The Balaban J connectivity index is 2.58. The molecule has 0 saturated heterocycles. The Bertz CT molecular complexity index is 576. The highest BCUT2D eigenvalue weighted by atomic mass is 79.9. The number of hydrogen-bond donors (Lipinski definition) is 0. The summed E-state index contributed by atoms with van der Waals surface area (Å²) in [5.74, 6) is 0.101. The first kappa shape index (κ1) is 13.1. The van der Waals surface area contributed by atoms with Crippen LogP contribution in [-0.2, 0) is 0 Å². The lowest BCUT2D eigenvalue weighted by atomic mass is 10.0. The topological polar surface area (TPSA) is 20.3 Å². The van der Waals surface area contributed by atoms with Crippen molar-refractivity contribution in [2.24, 2.45) is 0 Å². The smallest absolute Gasteiger partial charge is 0.254 e. The largest absolute Gasteiger partial charge is 0.339 e. The van der Waals surface area contributed by atoms with Crippen molar-refractivity contribution in [1.82, 2.24) is 4.90 Å². The second kappa shape index (κ2) is 5.53. The van der Waals surface area contributed by atoms with Crippen molar-refractivity contribution in [2.75, 3.05) is 13.1 Å². The van der Waals surface area contributed by atoms with Crippen LogP contribution in [0.4, 0.5) is 0 Å². The number of fused-ring (bicyclic) bond motifs is 1. The SMILES string of the molecule is CCN(CC)C(=O)c1ccc(Br)c2ccccc12. The van der Waals surface area contributed by atoms with Crippen molar-refractivity contribution in [3.63, 3.8) is 0 Å². The van der Waals surface area contributed by atoms with E-state index >= 15 is 0 Å². The third kappa shape index (κ3) is 2.27. The second-order valence-corrected chi connectivity index (χ2v) is 4.97. The van der Waals surface area contributed by atoms with Gasteiger partial charge in [-0.3, -0.25) is 4.79 Å². The number of benzene rings is 2. The minimum absolute atomic E-state index is 0.101. The van der Waals surface area contributed by atoms with Crippen molar-refractivity contribution in [2.45, 2.75) is 13.8 Å². The molecule has 2 nitrogen and oxygen atoms in total. The van der Waals surface area contributed by atoms with Crippen LogP contribution in [-0.4, -0.2) is 23.9 Å². The molecule has 0 aliphatic rings. The van der Waals surface area contributed by atoms with Gasteiger partial charge in [0.05, 0.1) is 0 Å². The van der Waals surface area contributed by atoms with Gasteiger partial charge in [-0.1, -0.05) is 40.2 Å². The summed E-state index contributed by atoms with van der Waals surface area (Å²) in [6.07, 6.45) is 0. The van der Waals surface area contributed by atoms with Gasteiger partial charge in [-0.2, -0.15) is 0 Å². The Labute approximate surface area is 116 Å². The molecule has 2 aromatic carbocycles. The molecule has 1 amide bonds. The molecule has 18 heavy (non-hydrogen) atoms. The van der Waals surface area contributed by atoms with Crippen LogP contribution < -0.4 is 0 Å². The van der Waals surface area contributed by atoms with E-state index in [1.54, 1.807) is 0 Å². The van der Waals surface area contributed by atoms with Crippen LogP contribution in [0.3, 0.4) is 0 Å². The maximum Gasteiger partial charge on any atom is 0.254 e. The summed E-state index contributed by atoms with van der Waals surface area (Å²) in [5, 5.41) is 2.08. The van der Waals surface area contributed by atoms with Crippen LogP contribution in [0.15, 0.2) is 40.9 Å². The summed E-state index contributed by atoms with van der Waals surface area (Å²) in [6, 6.07) is 11.8. The molecule has 0 atom stereocenters. The molecule has 0 aliphatic heterocycles. The van der Waals surface area contributed by atoms with Crippen LogP contribution in [0.25, 0.3) is 10.8 Å². The lowest BCUT2D eigenvalue weighted by molar-refractivity contribution is 0.0775. The van der Waals surface area contributed by atoms with Crippen LogP contribution in [0.1, 0.15) is 24.2 Å². The third-order valence-electron chi connectivity index (χ3n) is 3.15. The number of rotatable bonds is 3. The zero-order chi connectivity index (χ0) is 13.1. The highest BCUT2D eigenvalue weighted by Crippen LogP contribution is 2.27. The summed E-state index contributed by atoms with van der Waals surface area (Å²) in [7, 11) is 0. The fraction of sp³-hybridized carbons (Fsp3) is 0.267. The van der Waals surface area contributed by atoms with Gasteiger partial charge in [-0.25, -0.2) is 0 Å². The minimum atomic E-state index is 0.101. The molecule has 0 aliphatic carbocycles. The van der Waals surface area contributed by atoms with E-state index in [2.05, 4.69) is 15.9 Å². The van der Waals surface area contributed by atoms with E-state index < -0.39 is 0 Å². The Kier molecular flexibility index (Phi) is 4.02. The van der Waals surface area contributed by atoms with E-state index in [4.69, 9.17) is 0 Å². The summed E-state index contributed by atoms with van der Waals surface area (Å²) < 4.78 is 1.02. The lowest BCUT2D eigenvalue weighted by Gasteiger charge is -2.19. The highest BCUT2D eigenvalue weighted by molar-refractivity contribution is 9.10. The molecule has 0 N–H and O–H groups in total. The molecule has 0 unspecified atom stereocenters. The van der Waals surface area contributed by atoms with E-state index in [1.165, 1.54) is 0 Å². The molecular weight excluding hydrogens is 290 g/mol. The predicted octanol–water partition coefficient (Wildman–Crippen LogP) is 4.08. The maximum atomic E-state index is 12.4. The van der Waals surface area contributed by atoms with Gasteiger partial charge in [0.15, 0.2) is 0 Å². The standard InChI is InChI=1S/C15H16BrNO/c1-3-17(4-2)15(18)13-9-10-14(16)12-8-6-5-7-11(12)13/h5-10H,3-4H2,1-2H3. The first-order valence-electron chi connectivity index (χ1n) is 6.15. The average molecular weight is 306 g/mol. The van der Waals surface area contributed by atoms with Crippen molar-refractivity contribution in [3.8, 4) is 0 Å². The fourth-order valence-corrected chi connectivity index (χ4v) is 2.61. The summed E-state index contributed by atoms with van der Waals surface area (Å²) >= 11 is 3.53. The molecule has 0 spiro atoms. The molecular formula is C15H16BrNO. The van der Waals surface area contributed by atoms with Crippen LogP contribution in [0.2, 0.25) is 0 Å². The second-order valence-electron chi connectivity index (χ2n) is 4.12. The normalized spacial score (nSPS) is 10.6. The van der Waals surface area contributed by atoms with Crippen molar-refractivity contribution in [1.29, 1.82) is 0 Å². The van der Waals surface area contributed by atoms with Gasteiger partial charge in [0.2, 0.25) is 0 Å². The van der Waals surface area contributed by atoms with E-state index in [1.807, 2.05) is 55.1 Å². The van der Waals surface area contributed by atoms with Gasteiger partial charge in [-0.05, 0) is 36.8 Å². The Morgan fingerprint density at radius 2 is 1.67 bits per heavy atom. The van der Waals surface area contributed by atoms with Crippen molar-refractivity contribution < 1.29 is 4.79 Å². The molecule has 0 aromatic heterocycles. The Hall–Kier alpha value is -1.35. The number of nitrogens with zero attached hydrogens (tertiary/aromatic N) is 1. The zero-order valence-electron chi connectivity index (χ0n) is 10.6. The molecule has 3 heteroatoms. The maximum absolute atomic E-state index is 12.4. The molecule has 94 valence electrons. The first-order chi connectivity index (χ1) is 8.69. The van der Waals surface area contributed by atoms with Gasteiger partial charge in [0, 0.05) is 23.1 Å². The monoisotopic (exact) mass is 305 g/mol.